The molecule has 114 valence electrons. The van der Waals surface area contributed by atoms with Crippen molar-refractivity contribution in [1.29, 1.82) is 0 Å². The lowest BCUT2D eigenvalue weighted by atomic mass is 10.0. The van der Waals surface area contributed by atoms with E-state index in [9.17, 15) is 4.79 Å². The molecular formula is C18H16N4O. The minimum absolute atomic E-state index is 0.00870. The van der Waals surface area contributed by atoms with Gasteiger partial charge in [-0.3, -0.25) is 9.78 Å². The molecule has 2 aromatic heterocycles. The maximum atomic E-state index is 13.0. The van der Waals surface area contributed by atoms with Gasteiger partial charge in [0, 0.05) is 31.3 Å². The second-order valence-corrected chi connectivity index (χ2v) is 5.60. The van der Waals surface area contributed by atoms with Gasteiger partial charge in [-0.05, 0) is 17.7 Å². The monoisotopic (exact) mass is 304 g/mol. The van der Waals surface area contributed by atoms with Crippen LogP contribution in [0.4, 0.5) is 0 Å². The molecule has 0 radical (unpaired) electrons. The molecule has 0 fully saturated rings. The molecule has 1 aliphatic rings. The third kappa shape index (κ3) is 2.50. The number of pyridine rings is 1. The summed E-state index contributed by atoms with van der Waals surface area (Å²) in [5, 5.41) is 0. The molecule has 5 nitrogen and oxygen atoms in total. The van der Waals surface area contributed by atoms with Gasteiger partial charge in [0.2, 0.25) is 0 Å². The van der Waals surface area contributed by atoms with Crippen LogP contribution in [0.1, 0.15) is 27.8 Å². The van der Waals surface area contributed by atoms with E-state index in [1.807, 2.05) is 29.3 Å². The molecule has 0 bridgehead atoms. The van der Waals surface area contributed by atoms with Crippen LogP contribution >= 0.6 is 0 Å². The van der Waals surface area contributed by atoms with E-state index in [0.29, 0.717) is 18.7 Å². The highest BCUT2D eigenvalue weighted by Gasteiger charge is 2.31. The van der Waals surface area contributed by atoms with E-state index in [1.165, 1.54) is 0 Å². The van der Waals surface area contributed by atoms with E-state index in [2.05, 4.69) is 26.7 Å². The number of carbonyl (C=O) groups is 1. The lowest BCUT2D eigenvalue weighted by molar-refractivity contribution is 0.0584. The Morgan fingerprint density at radius 1 is 1.09 bits per heavy atom. The van der Waals surface area contributed by atoms with Gasteiger partial charge in [0.15, 0.2) is 0 Å². The average molecular weight is 304 g/mol. The molecular weight excluding hydrogens is 288 g/mol. The van der Waals surface area contributed by atoms with Crippen molar-refractivity contribution < 1.29 is 4.79 Å². The number of carbonyl (C=O) groups excluding carboxylic acids is 1. The molecule has 3 aromatic rings. The van der Waals surface area contributed by atoms with Gasteiger partial charge in [0.25, 0.3) is 5.91 Å². The van der Waals surface area contributed by atoms with E-state index in [4.69, 9.17) is 0 Å². The molecule has 1 aliphatic heterocycles. The third-order valence-corrected chi connectivity index (χ3v) is 4.21. The number of aromatic nitrogens is 3. The smallest absolute Gasteiger partial charge is 0.256 e. The summed E-state index contributed by atoms with van der Waals surface area (Å²) in [7, 11) is 0. The Morgan fingerprint density at radius 3 is 2.74 bits per heavy atom. The number of imidazole rings is 1. The lowest BCUT2D eigenvalue weighted by Gasteiger charge is -2.36. The molecule has 3 heterocycles. The predicted molar refractivity (Wildman–Crippen MR) is 85.5 cm³/mol. The van der Waals surface area contributed by atoms with Crippen molar-refractivity contribution >= 4 is 5.91 Å². The predicted octanol–water partition coefficient (Wildman–Crippen LogP) is 2.68. The van der Waals surface area contributed by atoms with Crippen LogP contribution in [0.15, 0.2) is 67.3 Å². The SMILES string of the molecule is O=C(c1cccnc1)N1Cc2nccn2CC1c1ccccc1. The topological polar surface area (TPSA) is 51.0 Å². The van der Waals surface area contributed by atoms with Crippen molar-refractivity contribution in [3.05, 3.63) is 84.2 Å². The van der Waals surface area contributed by atoms with Gasteiger partial charge in [0.1, 0.15) is 5.82 Å². The number of rotatable bonds is 2. The molecule has 1 atom stereocenters. The van der Waals surface area contributed by atoms with E-state index >= 15 is 0 Å². The van der Waals surface area contributed by atoms with Crippen LogP contribution < -0.4 is 0 Å². The summed E-state index contributed by atoms with van der Waals surface area (Å²) >= 11 is 0. The number of hydrogen-bond donors (Lipinski definition) is 0. The summed E-state index contributed by atoms with van der Waals surface area (Å²) in [4.78, 5) is 23.3. The van der Waals surface area contributed by atoms with Crippen LogP contribution in [0, 0.1) is 0 Å². The molecule has 0 saturated carbocycles. The molecule has 0 spiro atoms. The summed E-state index contributed by atoms with van der Waals surface area (Å²) in [6.07, 6.45) is 7.05. The molecule has 4 rings (SSSR count). The summed E-state index contributed by atoms with van der Waals surface area (Å²) in [6, 6.07) is 13.7. The van der Waals surface area contributed by atoms with E-state index in [0.717, 1.165) is 11.4 Å². The largest absolute Gasteiger partial charge is 0.331 e. The van der Waals surface area contributed by atoms with Crippen molar-refractivity contribution in [3.63, 3.8) is 0 Å². The Kier molecular flexibility index (Phi) is 3.38. The molecule has 1 amide bonds. The van der Waals surface area contributed by atoms with Gasteiger partial charge < -0.3 is 9.47 Å². The number of fused-ring (bicyclic) bond motifs is 1. The van der Waals surface area contributed by atoms with E-state index in [-0.39, 0.29) is 11.9 Å². The first kappa shape index (κ1) is 13.7. The molecule has 1 aromatic carbocycles. The quantitative estimate of drug-likeness (QED) is 0.731. The van der Waals surface area contributed by atoms with Crippen LogP contribution in [0.3, 0.4) is 0 Å². The first-order chi connectivity index (χ1) is 11.3. The van der Waals surface area contributed by atoms with Crippen molar-refractivity contribution in [2.24, 2.45) is 0 Å². The fourth-order valence-corrected chi connectivity index (χ4v) is 3.03. The Hall–Kier alpha value is -2.95. The number of benzene rings is 1. The molecule has 1 unspecified atom stereocenters. The Balaban J connectivity index is 1.74. The van der Waals surface area contributed by atoms with Gasteiger partial charge in [-0.2, -0.15) is 0 Å². The van der Waals surface area contributed by atoms with Gasteiger partial charge in [-0.25, -0.2) is 4.98 Å². The highest BCUT2D eigenvalue weighted by Crippen LogP contribution is 2.30. The average Bonchev–Trinajstić information content (AvgIpc) is 3.09. The van der Waals surface area contributed by atoms with Crippen LogP contribution in [0.25, 0.3) is 0 Å². The second-order valence-electron chi connectivity index (χ2n) is 5.60. The molecule has 5 heteroatoms. The van der Waals surface area contributed by atoms with Crippen LogP contribution in [-0.2, 0) is 13.1 Å². The van der Waals surface area contributed by atoms with Crippen molar-refractivity contribution in [2.45, 2.75) is 19.1 Å². The maximum Gasteiger partial charge on any atom is 0.256 e. The summed E-state index contributed by atoms with van der Waals surface area (Å²) in [5.74, 6) is 0.899. The van der Waals surface area contributed by atoms with Gasteiger partial charge >= 0.3 is 0 Å². The minimum atomic E-state index is -0.0128. The maximum absolute atomic E-state index is 13.0. The first-order valence-electron chi connectivity index (χ1n) is 7.59. The first-order valence-corrected chi connectivity index (χ1v) is 7.59. The van der Waals surface area contributed by atoms with E-state index in [1.54, 1.807) is 30.7 Å². The van der Waals surface area contributed by atoms with E-state index < -0.39 is 0 Å². The second kappa shape index (κ2) is 5.68. The zero-order chi connectivity index (χ0) is 15.6. The van der Waals surface area contributed by atoms with Crippen LogP contribution in [0.5, 0.6) is 0 Å². The summed E-state index contributed by atoms with van der Waals surface area (Å²) in [5.41, 5.74) is 1.73. The summed E-state index contributed by atoms with van der Waals surface area (Å²) < 4.78 is 2.12. The molecule has 23 heavy (non-hydrogen) atoms. The molecule has 0 N–H and O–H groups in total. The fraction of sp³-hybridized carbons (Fsp3) is 0.167. The third-order valence-electron chi connectivity index (χ3n) is 4.21. The van der Waals surface area contributed by atoms with Crippen LogP contribution in [-0.4, -0.2) is 25.3 Å². The number of nitrogens with zero attached hydrogens (tertiary/aromatic N) is 4. The molecule has 0 aliphatic carbocycles. The normalized spacial score (nSPS) is 16.9. The highest BCUT2D eigenvalue weighted by molar-refractivity contribution is 5.94. The standard InChI is InChI=1S/C18H16N4O/c23-18(15-7-4-8-19-11-15)22-13-17-20-9-10-21(17)12-16(22)14-5-2-1-3-6-14/h1-11,16H,12-13H2. The number of amides is 1. The van der Waals surface area contributed by atoms with Crippen LogP contribution in [0.2, 0.25) is 0 Å². The van der Waals surface area contributed by atoms with Gasteiger partial charge in [-0.1, -0.05) is 30.3 Å². The van der Waals surface area contributed by atoms with Crippen molar-refractivity contribution in [3.8, 4) is 0 Å². The fourth-order valence-electron chi connectivity index (χ4n) is 3.03. The number of hydrogen-bond acceptors (Lipinski definition) is 3. The van der Waals surface area contributed by atoms with Gasteiger partial charge in [-0.15, -0.1) is 0 Å². The Bertz CT molecular complexity index is 813. The Morgan fingerprint density at radius 2 is 1.96 bits per heavy atom. The van der Waals surface area contributed by atoms with Gasteiger partial charge in [0.05, 0.1) is 18.2 Å². The van der Waals surface area contributed by atoms with Crippen molar-refractivity contribution in [1.82, 2.24) is 19.4 Å². The zero-order valence-electron chi connectivity index (χ0n) is 12.5. The minimum Gasteiger partial charge on any atom is -0.331 e. The molecule has 0 saturated heterocycles. The van der Waals surface area contributed by atoms with Crippen molar-refractivity contribution in [2.75, 3.05) is 0 Å². The lowest BCUT2D eigenvalue weighted by Crippen LogP contribution is -2.41. The Labute approximate surface area is 134 Å². The zero-order valence-corrected chi connectivity index (χ0v) is 12.5. The highest BCUT2D eigenvalue weighted by atomic mass is 16.2. The summed E-state index contributed by atoms with van der Waals surface area (Å²) in [6.45, 7) is 1.21.